The number of ether oxygens (including phenoxy) is 1. The number of nitrogens with zero attached hydrogens (tertiary/aromatic N) is 2. The number of nitro benzene ring substituents is 1. The number of H-pyrrole nitrogens is 1. The molecule has 4 aliphatic rings. The first-order chi connectivity index (χ1) is 16.4. The van der Waals surface area contributed by atoms with Crippen molar-refractivity contribution in [2.24, 2.45) is 0 Å². The second-order valence-corrected chi connectivity index (χ2v) is 10.1. The molecule has 8 nitrogen and oxygen atoms in total. The van der Waals surface area contributed by atoms with Crippen molar-refractivity contribution in [1.82, 2.24) is 9.88 Å². The number of phenols is 1. The van der Waals surface area contributed by atoms with E-state index < -0.39 is 22.0 Å². The highest BCUT2D eigenvalue weighted by Gasteiger charge is 2.72. The van der Waals surface area contributed by atoms with Crippen LogP contribution in [0.3, 0.4) is 0 Å². The molecule has 1 fully saturated rings. The Kier molecular flexibility index (Phi) is 3.77. The number of phenolic OH excluding ortho intramolecular Hbond substituents is 1. The molecular weight excluding hydrogens is 434 g/mol. The van der Waals surface area contributed by atoms with Gasteiger partial charge in [0.05, 0.1) is 21.6 Å². The van der Waals surface area contributed by atoms with Crippen LogP contribution in [0.4, 0.5) is 5.69 Å². The van der Waals surface area contributed by atoms with E-state index in [4.69, 9.17) is 4.74 Å². The van der Waals surface area contributed by atoms with Gasteiger partial charge in [-0.2, -0.15) is 0 Å². The highest BCUT2D eigenvalue weighted by atomic mass is 16.6. The summed E-state index contributed by atoms with van der Waals surface area (Å²) in [6, 6.07) is 8.33. The molecule has 2 aromatic carbocycles. The fourth-order valence-electron chi connectivity index (χ4n) is 7.40. The molecule has 0 radical (unpaired) electrons. The van der Waals surface area contributed by atoms with Crippen LogP contribution < -0.4 is 4.74 Å². The summed E-state index contributed by atoms with van der Waals surface area (Å²) in [5.41, 5.74) is 2.75. The molecule has 4 atom stereocenters. The first-order valence-corrected chi connectivity index (χ1v) is 11.8. The molecule has 2 bridgehead atoms. The molecule has 2 aliphatic carbocycles. The van der Waals surface area contributed by atoms with E-state index in [1.807, 2.05) is 12.1 Å². The van der Waals surface area contributed by atoms with Crippen LogP contribution >= 0.6 is 0 Å². The van der Waals surface area contributed by atoms with E-state index in [0.29, 0.717) is 25.0 Å². The minimum atomic E-state index is -1.14. The van der Waals surface area contributed by atoms with E-state index in [1.165, 1.54) is 6.07 Å². The van der Waals surface area contributed by atoms with Gasteiger partial charge in [0.2, 0.25) is 0 Å². The van der Waals surface area contributed by atoms with Gasteiger partial charge in [-0.3, -0.25) is 15.0 Å². The highest BCUT2D eigenvalue weighted by Crippen LogP contribution is 2.68. The molecule has 3 heterocycles. The number of rotatable bonds is 4. The molecule has 1 spiro atoms. The minimum absolute atomic E-state index is 0.0218. The molecule has 1 aromatic heterocycles. The number of hydrogen-bond acceptors (Lipinski definition) is 6. The monoisotopic (exact) mass is 459 g/mol. The van der Waals surface area contributed by atoms with Gasteiger partial charge in [-0.25, -0.2) is 0 Å². The maximum Gasteiger partial charge on any atom is 0.270 e. The number of nitro groups is 1. The number of aromatic hydroxyl groups is 1. The van der Waals surface area contributed by atoms with E-state index in [-0.39, 0.29) is 17.5 Å². The van der Waals surface area contributed by atoms with Gasteiger partial charge < -0.3 is 19.9 Å². The molecule has 7 rings (SSSR count). The number of aliphatic hydroxyl groups is 1. The number of aromatic nitrogens is 1. The Morgan fingerprint density at radius 3 is 3.00 bits per heavy atom. The predicted molar refractivity (Wildman–Crippen MR) is 125 cm³/mol. The van der Waals surface area contributed by atoms with Crippen LogP contribution in [-0.4, -0.2) is 49.8 Å². The van der Waals surface area contributed by atoms with Crippen molar-refractivity contribution in [2.45, 2.75) is 48.8 Å². The molecule has 0 saturated carbocycles. The Labute approximate surface area is 195 Å². The van der Waals surface area contributed by atoms with Crippen molar-refractivity contribution in [3.05, 3.63) is 75.5 Å². The number of benzene rings is 2. The maximum atomic E-state index is 12.7. The number of hydrogen-bond donors (Lipinski definition) is 3. The summed E-state index contributed by atoms with van der Waals surface area (Å²) in [4.78, 5) is 16.9. The number of piperidine rings is 1. The number of likely N-dealkylation sites (tertiary alicyclic amines) is 1. The fourth-order valence-corrected chi connectivity index (χ4v) is 7.40. The third kappa shape index (κ3) is 2.16. The molecule has 34 heavy (non-hydrogen) atoms. The summed E-state index contributed by atoms with van der Waals surface area (Å²) in [6.07, 6.45) is 3.96. The summed E-state index contributed by atoms with van der Waals surface area (Å²) in [7, 11) is 0. The first kappa shape index (κ1) is 20.1. The molecule has 1 saturated heterocycles. The molecule has 174 valence electrons. The molecule has 8 heteroatoms. The molecule has 3 N–H and O–H groups in total. The van der Waals surface area contributed by atoms with E-state index in [2.05, 4.69) is 16.5 Å². The van der Waals surface area contributed by atoms with Gasteiger partial charge in [-0.1, -0.05) is 12.1 Å². The zero-order valence-corrected chi connectivity index (χ0v) is 18.6. The number of fused-ring (bicyclic) bond motifs is 4. The number of nitrogens with one attached hydrogen (secondary N) is 1. The number of non-ortho nitro benzene ring substituents is 1. The van der Waals surface area contributed by atoms with Crippen molar-refractivity contribution in [1.29, 1.82) is 0 Å². The Bertz CT molecular complexity index is 1410. The zero-order valence-electron chi connectivity index (χ0n) is 18.6. The molecular formula is C26H25N3O5. The van der Waals surface area contributed by atoms with Gasteiger partial charge >= 0.3 is 0 Å². The van der Waals surface area contributed by atoms with E-state index in [9.17, 15) is 20.3 Å². The summed E-state index contributed by atoms with van der Waals surface area (Å²) in [5.74, 6) is 0.558. The lowest BCUT2D eigenvalue weighted by atomic mass is 9.49. The van der Waals surface area contributed by atoms with Crippen LogP contribution in [0.1, 0.15) is 41.3 Å². The average molecular weight is 460 g/mol. The fraction of sp³-hybridized carbons (Fsp3) is 0.385. The van der Waals surface area contributed by atoms with Crippen LogP contribution in [-0.2, 0) is 18.3 Å². The molecule has 2 aliphatic heterocycles. The third-order valence-corrected chi connectivity index (χ3v) is 8.79. The third-order valence-electron chi connectivity index (χ3n) is 8.79. The molecule has 0 amide bonds. The van der Waals surface area contributed by atoms with Crippen LogP contribution in [0.15, 0.2) is 43.0 Å². The quantitative estimate of drug-likeness (QED) is 0.312. The second-order valence-electron chi connectivity index (χ2n) is 10.1. The molecule has 3 aromatic rings. The van der Waals surface area contributed by atoms with Gasteiger partial charge in [-0.05, 0) is 49.1 Å². The van der Waals surface area contributed by atoms with Gasteiger partial charge in [0.1, 0.15) is 0 Å². The van der Waals surface area contributed by atoms with Crippen LogP contribution in [0.2, 0.25) is 0 Å². The van der Waals surface area contributed by atoms with E-state index >= 15 is 0 Å². The minimum Gasteiger partial charge on any atom is -0.504 e. The Balaban J connectivity index is 1.51. The van der Waals surface area contributed by atoms with Crippen LogP contribution in [0, 0.1) is 10.1 Å². The summed E-state index contributed by atoms with van der Waals surface area (Å²) in [5, 5.41) is 35.7. The van der Waals surface area contributed by atoms with Crippen LogP contribution in [0.5, 0.6) is 11.5 Å². The Morgan fingerprint density at radius 2 is 2.21 bits per heavy atom. The standard InChI is InChI=1S/C26H25N3O5/c1-2-3-9-28-10-8-25-21-14-4-7-19(30)23(21)34-24(25)22-17(13-26(25,31)20(28)11-14)16-12-15(29(32)33)5-6-18(16)27-22/h2,4-7,12,20,24,27,30-31H,1,3,8-11,13H2/t20-,24-,25-,26+/m0/s1. The predicted octanol–water partition coefficient (Wildman–Crippen LogP) is 3.65. The lowest BCUT2D eigenvalue weighted by Gasteiger charge is -2.62. The maximum absolute atomic E-state index is 12.7. The van der Waals surface area contributed by atoms with Crippen molar-refractivity contribution >= 4 is 16.6 Å². The topological polar surface area (TPSA) is 112 Å². The average Bonchev–Trinajstić information content (AvgIpc) is 3.35. The van der Waals surface area contributed by atoms with E-state index in [0.717, 1.165) is 52.8 Å². The SMILES string of the molecule is C=CCCN1CC[C@]23c4c5ccc(O)c4O[C@H]2c2[nH]c4ccc([N+](=O)[O-])cc4c2C[C@@]3(O)[C@@H]1C5. The normalized spacial score (nSPS) is 30.5. The Morgan fingerprint density at radius 1 is 1.35 bits per heavy atom. The van der Waals surface area contributed by atoms with Crippen molar-refractivity contribution in [2.75, 3.05) is 13.1 Å². The van der Waals surface area contributed by atoms with Gasteiger partial charge in [0.15, 0.2) is 17.6 Å². The Hall–Kier alpha value is -3.36. The van der Waals surface area contributed by atoms with Crippen molar-refractivity contribution in [3.8, 4) is 11.5 Å². The highest BCUT2D eigenvalue weighted by molar-refractivity contribution is 5.88. The summed E-state index contributed by atoms with van der Waals surface area (Å²) in [6.45, 7) is 5.50. The summed E-state index contributed by atoms with van der Waals surface area (Å²) < 4.78 is 6.51. The van der Waals surface area contributed by atoms with Gasteiger partial charge in [0, 0.05) is 47.6 Å². The van der Waals surface area contributed by atoms with Gasteiger partial charge in [0.25, 0.3) is 5.69 Å². The van der Waals surface area contributed by atoms with Gasteiger partial charge in [-0.15, -0.1) is 6.58 Å². The van der Waals surface area contributed by atoms with E-state index in [1.54, 1.807) is 18.2 Å². The zero-order chi connectivity index (χ0) is 23.4. The lowest BCUT2D eigenvalue weighted by molar-refractivity contribution is -0.384. The number of aromatic amines is 1. The second kappa shape index (κ2) is 6.40. The first-order valence-electron chi connectivity index (χ1n) is 11.8. The van der Waals surface area contributed by atoms with Crippen molar-refractivity contribution in [3.63, 3.8) is 0 Å². The van der Waals surface area contributed by atoms with Crippen LogP contribution in [0.25, 0.3) is 10.9 Å². The van der Waals surface area contributed by atoms with Crippen molar-refractivity contribution < 1.29 is 19.9 Å². The molecule has 0 unspecified atom stereocenters. The summed E-state index contributed by atoms with van der Waals surface area (Å²) >= 11 is 0. The lowest BCUT2D eigenvalue weighted by Crippen LogP contribution is -2.74. The largest absolute Gasteiger partial charge is 0.504 e. The smallest absolute Gasteiger partial charge is 0.270 e.